The van der Waals surface area contributed by atoms with Crippen molar-refractivity contribution in [3.63, 3.8) is 0 Å². The van der Waals surface area contributed by atoms with Gasteiger partial charge in [0.2, 0.25) is 0 Å². The van der Waals surface area contributed by atoms with Gasteiger partial charge in [-0.15, -0.1) is 11.8 Å². The first-order valence-electron chi connectivity index (χ1n) is 12.5. The molecule has 9 nitrogen and oxygen atoms in total. The zero-order valence-corrected chi connectivity index (χ0v) is 23.3. The van der Waals surface area contributed by atoms with E-state index in [2.05, 4.69) is 11.9 Å². The van der Waals surface area contributed by atoms with Crippen molar-refractivity contribution in [1.82, 2.24) is 10.2 Å². The zero-order valence-electron chi connectivity index (χ0n) is 22.5. The average Bonchev–Trinajstić information content (AvgIpc) is 3.22. The van der Waals surface area contributed by atoms with Gasteiger partial charge in [-0.3, -0.25) is 14.4 Å². The second-order valence-corrected chi connectivity index (χ2v) is 11.3. The number of carbonyl (C=O) groups excluding carboxylic acids is 4. The highest BCUT2D eigenvalue weighted by Gasteiger charge is 2.50. The summed E-state index contributed by atoms with van der Waals surface area (Å²) >= 11 is 1.40. The van der Waals surface area contributed by atoms with Crippen LogP contribution >= 0.6 is 11.8 Å². The van der Waals surface area contributed by atoms with Crippen molar-refractivity contribution in [2.24, 2.45) is 0 Å². The molecule has 0 radical (unpaired) electrons. The third-order valence-corrected chi connectivity index (χ3v) is 7.80. The van der Waals surface area contributed by atoms with Crippen LogP contribution in [0.5, 0.6) is 5.75 Å². The molecule has 2 amide bonds. The van der Waals surface area contributed by atoms with E-state index in [1.165, 1.54) is 29.7 Å². The summed E-state index contributed by atoms with van der Waals surface area (Å²) in [5.41, 5.74) is 1.46. The maximum atomic E-state index is 13.6. The van der Waals surface area contributed by atoms with Crippen molar-refractivity contribution in [1.29, 1.82) is 0 Å². The lowest BCUT2D eigenvalue weighted by Crippen LogP contribution is -2.57. The number of hydrogen-bond donors (Lipinski definition) is 2. The smallest absolute Gasteiger partial charge is 0.330 e. The third kappa shape index (κ3) is 7.27. The fourth-order valence-electron chi connectivity index (χ4n) is 4.41. The number of aliphatic hydroxyl groups is 1. The summed E-state index contributed by atoms with van der Waals surface area (Å²) in [5.74, 6) is -1.94. The van der Waals surface area contributed by atoms with E-state index in [4.69, 9.17) is 9.47 Å². The number of rotatable bonds is 10. The van der Waals surface area contributed by atoms with Gasteiger partial charge in [0, 0.05) is 22.8 Å². The van der Waals surface area contributed by atoms with E-state index in [0.717, 1.165) is 5.56 Å². The largest absolute Gasteiger partial charge is 0.460 e. The molecule has 0 aliphatic carbocycles. The standard InChI is InChI=1S/C29H34N2O7S/c1-6-15-37-28(36)25-29(4,5)39-17-31(25)27(35)24(33)22(16-20-11-8-7-9-12-20)30-26(34)21-13-10-14-23(18(21)2)38-19(3)32/h6-14,22,24-25,33H,1,15-17H2,2-5H3,(H,30,34). The van der Waals surface area contributed by atoms with Gasteiger partial charge in [-0.05, 0) is 44.9 Å². The van der Waals surface area contributed by atoms with Crippen LogP contribution in [-0.2, 0) is 25.5 Å². The van der Waals surface area contributed by atoms with Gasteiger partial charge >= 0.3 is 11.9 Å². The number of amides is 2. The lowest BCUT2D eigenvalue weighted by Gasteiger charge is -2.32. The number of nitrogens with zero attached hydrogens (tertiary/aromatic N) is 1. The second kappa shape index (κ2) is 12.9. The number of aliphatic hydroxyl groups excluding tert-OH is 1. The predicted octanol–water partition coefficient (Wildman–Crippen LogP) is 3.03. The number of nitrogens with one attached hydrogen (secondary N) is 1. The highest BCUT2D eigenvalue weighted by Crippen LogP contribution is 2.40. The van der Waals surface area contributed by atoms with E-state index >= 15 is 0 Å². The maximum Gasteiger partial charge on any atom is 0.330 e. The zero-order chi connectivity index (χ0) is 28.7. The van der Waals surface area contributed by atoms with Crippen LogP contribution in [0.2, 0.25) is 0 Å². The molecule has 0 bridgehead atoms. The molecule has 0 aromatic heterocycles. The molecular weight excluding hydrogens is 520 g/mol. The van der Waals surface area contributed by atoms with Crippen LogP contribution < -0.4 is 10.1 Å². The van der Waals surface area contributed by atoms with Gasteiger partial charge in [-0.25, -0.2) is 4.79 Å². The lowest BCUT2D eigenvalue weighted by atomic mass is 9.97. The molecule has 1 fully saturated rings. The highest BCUT2D eigenvalue weighted by atomic mass is 32.2. The molecule has 2 N–H and O–H groups in total. The molecule has 3 atom stereocenters. The molecule has 2 aromatic carbocycles. The number of carbonyl (C=O) groups is 4. The first-order chi connectivity index (χ1) is 18.5. The molecular formula is C29H34N2O7S. The van der Waals surface area contributed by atoms with Crippen molar-refractivity contribution in [3.05, 3.63) is 77.9 Å². The molecule has 10 heteroatoms. The molecule has 3 unspecified atom stereocenters. The molecule has 39 heavy (non-hydrogen) atoms. The quantitative estimate of drug-likeness (QED) is 0.261. The van der Waals surface area contributed by atoms with Crippen molar-refractivity contribution in [2.75, 3.05) is 12.5 Å². The Morgan fingerprint density at radius 3 is 2.51 bits per heavy atom. The Morgan fingerprint density at radius 2 is 1.87 bits per heavy atom. The van der Waals surface area contributed by atoms with Crippen LogP contribution in [0, 0.1) is 6.92 Å². The average molecular weight is 555 g/mol. The molecule has 1 heterocycles. The van der Waals surface area contributed by atoms with Crippen LogP contribution in [0.3, 0.4) is 0 Å². The molecule has 208 valence electrons. The van der Waals surface area contributed by atoms with Crippen molar-refractivity contribution in [3.8, 4) is 5.75 Å². The number of benzene rings is 2. The first kappa shape index (κ1) is 29.9. The van der Waals surface area contributed by atoms with E-state index in [-0.39, 0.29) is 30.2 Å². The van der Waals surface area contributed by atoms with Crippen molar-refractivity contribution >= 4 is 35.5 Å². The molecule has 2 aromatic rings. The minimum absolute atomic E-state index is 0.000882. The van der Waals surface area contributed by atoms with Crippen LogP contribution in [0.15, 0.2) is 61.2 Å². The fourth-order valence-corrected chi connectivity index (χ4v) is 5.54. The van der Waals surface area contributed by atoms with E-state index in [1.54, 1.807) is 25.1 Å². The Labute approximate surface area is 232 Å². The Balaban J connectivity index is 1.89. The summed E-state index contributed by atoms with van der Waals surface area (Å²) in [6.07, 6.45) is -0.0639. The maximum absolute atomic E-state index is 13.6. The van der Waals surface area contributed by atoms with Crippen LogP contribution in [-0.4, -0.2) is 69.2 Å². The highest BCUT2D eigenvalue weighted by molar-refractivity contribution is 8.00. The Kier molecular flexibility index (Phi) is 9.93. The van der Waals surface area contributed by atoms with Gasteiger partial charge < -0.3 is 24.8 Å². The lowest BCUT2D eigenvalue weighted by molar-refractivity contribution is -0.157. The van der Waals surface area contributed by atoms with Crippen LogP contribution in [0.4, 0.5) is 0 Å². The summed E-state index contributed by atoms with van der Waals surface area (Å²) in [6.45, 7) is 10.1. The monoisotopic (exact) mass is 554 g/mol. The number of esters is 2. The molecule has 0 spiro atoms. The third-order valence-electron chi connectivity index (χ3n) is 6.43. The van der Waals surface area contributed by atoms with Crippen molar-refractivity contribution < 1.29 is 33.8 Å². The molecule has 0 saturated carbocycles. The summed E-state index contributed by atoms with van der Waals surface area (Å²) in [4.78, 5) is 52.6. The van der Waals surface area contributed by atoms with Gasteiger partial charge in [-0.2, -0.15) is 0 Å². The van der Waals surface area contributed by atoms with Gasteiger partial charge in [0.1, 0.15) is 18.4 Å². The number of thioether (sulfide) groups is 1. The fraction of sp³-hybridized carbons (Fsp3) is 0.379. The van der Waals surface area contributed by atoms with Crippen molar-refractivity contribution in [2.45, 2.75) is 57.1 Å². The second-order valence-electron chi connectivity index (χ2n) is 9.74. The number of hydrogen-bond acceptors (Lipinski definition) is 8. The molecule has 1 aliphatic rings. The van der Waals surface area contributed by atoms with E-state index in [9.17, 15) is 24.3 Å². The van der Waals surface area contributed by atoms with E-state index in [1.807, 2.05) is 44.2 Å². The summed E-state index contributed by atoms with van der Waals surface area (Å²) in [5, 5.41) is 14.1. The van der Waals surface area contributed by atoms with Gasteiger partial charge in [0.15, 0.2) is 6.10 Å². The van der Waals surface area contributed by atoms with E-state index in [0.29, 0.717) is 5.56 Å². The minimum Gasteiger partial charge on any atom is -0.460 e. The molecule has 1 saturated heterocycles. The Morgan fingerprint density at radius 1 is 1.18 bits per heavy atom. The van der Waals surface area contributed by atoms with Gasteiger partial charge in [0.05, 0.1) is 11.9 Å². The topological polar surface area (TPSA) is 122 Å². The SMILES string of the molecule is C=CCOC(=O)C1N(C(=O)C(O)C(Cc2ccccc2)NC(=O)c2cccc(OC(C)=O)c2C)CSC1(C)C. The van der Waals surface area contributed by atoms with Crippen LogP contribution in [0.25, 0.3) is 0 Å². The summed E-state index contributed by atoms with van der Waals surface area (Å²) < 4.78 is 9.79. The van der Waals surface area contributed by atoms with Crippen LogP contribution in [0.1, 0.15) is 42.3 Å². The first-order valence-corrected chi connectivity index (χ1v) is 13.5. The molecule has 1 aliphatic heterocycles. The van der Waals surface area contributed by atoms with Gasteiger partial charge in [-0.1, -0.05) is 49.1 Å². The summed E-state index contributed by atoms with van der Waals surface area (Å²) in [6, 6.07) is 11.9. The Hall–Kier alpha value is -3.63. The van der Waals surface area contributed by atoms with E-state index < -0.39 is 46.7 Å². The predicted molar refractivity (Wildman–Crippen MR) is 148 cm³/mol. The molecule has 3 rings (SSSR count). The summed E-state index contributed by atoms with van der Waals surface area (Å²) in [7, 11) is 0. The number of ether oxygens (including phenoxy) is 2. The Bertz CT molecular complexity index is 1230. The normalized spacial score (nSPS) is 17.6. The van der Waals surface area contributed by atoms with Gasteiger partial charge in [0.25, 0.3) is 11.8 Å². The minimum atomic E-state index is -1.66.